The first kappa shape index (κ1) is 53.8. The summed E-state index contributed by atoms with van der Waals surface area (Å²) in [4.78, 5) is 84.1. The summed E-state index contributed by atoms with van der Waals surface area (Å²) in [7, 11) is -2.37. The van der Waals surface area contributed by atoms with Gasteiger partial charge in [0.15, 0.2) is 12.5 Å². The van der Waals surface area contributed by atoms with Crippen LogP contribution in [0.25, 0.3) is 0 Å². The number of ether oxygens (including phenoxy) is 5. The number of methoxy groups -OCH3 is 2. The van der Waals surface area contributed by atoms with E-state index in [1.807, 2.05) is 13.8 Å². The maximum atomic E-state index is 15.0. The van der Waals surface area contributed by atoms with Gasteiger partial charge in [-0.25, -0.2) is 9.59 Å². The Balaban J connectivity index is 1.42. The Hall–Kier alpha value is -4.12. The largest absolute Gasteiger partial charge is 0.756 e. The van der Waals surface area contributed by atoms with Crippen molar-refractivity contribution in [2.45, 2.75) is 180 Å². The van der Waals surface area contributed by atoms with Gasteiger partial charge in [-0.3, -0.25) is 42.7 Å². The molecule has 3 aromatic heterocycles. The molecule has 2 fully saturated rings. The zero-order valence-corrected chi connectivity index (χ0v) is 40.7. The van der Waals surface area contributed by atoms with Crippen molar-refractivity contribution >= 4 is 13.7 Å². The Morgan fingerprint density at radius 2 is 1.36 bits per heavy atom. The van der Waals surface area contributed by atoms with Gasteiger partial charge in [-0.1, -0.05) is 76.3 Å². The Morgan fingerprint density at radius 1 is 0.806 bits per heavy atom. The number of phosphoric ester groups is 1. The van der Waals surface area contributed by atoms with Gasteiger partial charge in [0.2, 0.25) is 5.91 Å². The minimum atomic E-state index is -5.07. The van der Waals surface area contributed by atoms with E-state index in [4.69, 9.17) is 32.7 Å². The van der Waals surface area contributed by atoms with Gasteiger partial charge in [0, 0.05) is 57.6 Å². The maximum Gasteiger partial charge on any atom is 0.330 e. The molecule has 2 N–H and O–H groups in total. The molecule has 2 unspecified atom stereocenters. The van der Waals surface area contributed by atoms with E-state index in [0.29, 0.717) is 12.2 Å². The zero-order valence-electron chi connectivity index (χ0n) is 39.8. The summed E-state index contributed by atoms with van der Waals surface area (Å²) >= 11 is 0. The second-order valence-electron chi connectivity index (χ2n) is 17.8. The van der Waals surface area contributed by atoms with Gasteiger partial charge in [0.25, 0.3) is 18.9 Å². The number of H-pyrrole nitrogens is 2. The molecular formula is C44H70N8O14P-. The number of carbonyl (C=O) groups excluding carboxylic acids is 1. The minimum Gasteiger partial charge on any atom is -0.756 e. The van der Waals surface area contributed by atoms with Crippen molar-refractivity contribution in [1.29, 1.82) is 0 Å². The number of aromatic amines is 2. The molecule has 23 heteroatoms. The minimum absolute atomic E-state index is 0.0266. The normalized spacial score (nSPS) is 23.9. The molecule has 0 aliphatic carbocycles. The standard InChI is InChI=1S/C44H71N8O14P/c1-8-9-10-11-12-13-14-15-16-17-18-21-50-26-31(47-48-50)25-49(37(55)24-32-34(28-62-29(2)3)64-41(38(32)60-6)51-22-19-35(53)45-43(51)56)27-33-39(66-67(58,59)65-30(4)5)40(61-7)42(63-33)52-23-20-36(54)46-44(52)57/h19-20,22-23,26,29-30,32-34,38-42H,8-18,21,24-25,27-28H2,1-7H3,(H,58,59)(H,45,53,56)(H,46,54,57)/p-1/t32?,33-,34-,38-,39-,40-,41-,42-/m1/s1. The first-order chi connectivity index (χ1) is 32.0. The summed E-state index contributed by atoms with van der Waals surface area (Å²) < 4.78 is 58.4. The third-order valence-electron chi connectivity index (χ3n) is 11.9. The van der Waals surface area contributed by atoms with E-state index in [2.05, 4.69) is 27.2 Å². The average molecular weight is 966 g/mol. The highest BCUT2D eigenvalue weighted by atomic mass is 31.2. The number of hydrogen-bond acceptors (Lipinski definition) is 16. The molecule has 2 aliphatic heterocycles. The summed E-state index contributed by atoms with van der Waals surface area (Å²) in [6.07, 6.45) is 7.99. The van der Waals surface area contributed by atoms with Gasteiger partial charge in [-0.05, 0) is 34.1 Å². The van der Waals surface area contributed by atoms with E-state index in [-0.39, 0.29) is 32.2 Å². The number of aromatic nitrogens is 7. The van der Waals surface area contributed by atoms with Gasteiger partial charge in [0.05, 0.1) is 44.2 Å². The van der Waals surface area contributed by atoms with E-state index in [9.17, 15) is 33.4 Å². The molecule has 0 saturated carbocycles. The second-order valence-corrected chi connectivity index (χ2v) is 19.1. The van der Waals surface area contributed by atoms with Crippen LogP contribution in [0.15, 0.2) is 49.9 Å². The van der Waals surface area contributed by atoms with Crippen LogP contribution in [-0.4, -0.2) is 115 Å². The Labute approximate surface area is 390 Å². The average Bonchev–Trinajstić information content (AvgIpc) is 3.95. The molecule has 2 aliphatic rings. The summed E-state index contributed by atoms with van der Waals surface area (Å²) in [6.45, 7) is 9.11. The lowest BCUT2D eigenvalue weighted by molar-refractivity contribution is -0.236. The number of phosphoric acid groups is 1. The van der Waals surface area contributed by atoms with Crippen LogP contribution in [0.4, 0.5) is 0 Å². The molecule has 0 bridgehead atoms. The molecule has 0 spiro atoms. The fourth-order valence-corrected chi connectivity index (χ4v) is 9.71. The highest BCUT2D eigenvalue weighted by molar-refractivity contribution is 7.45. The first-order valence-corrected chi connectivity index (χ1v) is 25.0. The molecule has 0 aromatic carbocycles. The number of amides is 1. The predicted molar refractivity (Wildman–Crippen MR) is 242 cm³/mol. The Kier molecular flexibility index (Phi) is 20.9. The smallest absolute Gasteiger partial charge is 0.330 e. The molecule has 5 rings (SSSR count). The third-order valence-corrected chi connectivity index (χ3v) is 13.0. The molecule has 3 aromatic rings. The maximum absolute atomic E-state index is 15.0. The molecular weight excluding hydrogens is 895 g/mol. The van der Waals surface area contributed by atoms with Crippen LogP contribution < -0.4 is 27.4 Å². The van der Waals surface area contributed by atoms with Crippen LogP contribution in [0.1, 0.15) is 130 Å². The molecule has 67 heavy (non-hydrogen) atoms. The lowest BCUT2D eigenvalue weighted by Crippen LogP contribution is -2.46. The summed E-state index contributed by atoms with van der Waals surface area (Å²) in [5.74, 6) is -1.21. The Bertz CT molecular complexity index is 2280. The number of rotatable bonds is 29. The highest BCUT2D eigenvalue weighted by Crippen LogP contribution is 2.47. The molecule has 2 saturated heterocycles. The monoisotopic (exact) mass is 965 g/mol. The third kappa shape index (κ3) is 15.7. The second kappa shape index (κ2) is 26.0. The fraction of sp³-hybridized carbons (Fsp3) is 0.750. The van der Waals surface area contributed by atoms with Crippen LogP contribution in [0.2, 0.25) is 0 Å². The van der Waals surface area contributed by atoms with E-state index >= 15 is 0 Å². The van der Waals surface area contributed by atoms with Crippen LogP contribution in [0.3, 0.4) is 0 Å². The summed E-state index contributed by atoms with van der Waals surface area (Å²) in [5, 5.41) is 8.74. The van der Waals surface area contributed by atoms with Gasteiger partial charge in [-0.15, -0.1) is 5.10 Å². The molecule has 5 heterocycles. The van der Waals surface area contributed by atoms with E-state index < -0.39 is 91.2 Å². The topological polar surface area (TPSA) is 265 Å². The van der Waals surface area contributed by atoms with Gasteiger partial charge >= 0.3 is 11.4 Å². The van der Waals surface area contributed by atoms with Gasteiger partial charge in [-0.2, -0.15) is 0 Å². The fourth-order valence-electron chi connectivity index (χ4n) is 8.59. The van der Waals surface area contributed by atoms with Crippen LogP contribution >= 0.6 is 7.82 Å². The van der Waals surface area contributed by atoms with E-state index in [1.165, 1.54) is 107 Å². The van der Waals surface area contributed by atoms with Crippen molar-refractivity contribution in [2.24, 2.45) is 5.92 Å². The number of carbonyl (C=O) groups is 1. The molecule has 376 valence electrons. The highest BCUT2D eigenvalue weighted by Gasteiger charge is 2.51. The van der Waals surface area contributed by atoms with Crippen LogP contribution in [-0.2, 0) is 55.2 Å². The van der Waals surface area contributed by atoms with Crippen LogP contribution in [0.5, 0.6) is 0 Å². The molecule has 9 atom stereocenters. The van der Waals surface area contributed by atoms with E-state index in [0.717, 1.165) is 29.9 Å². The Morgan fingerprint density at radius 3 is 1.90 bits per heavy atom. The number of aryl methyl sites for hydroxylation is 1. The number of hydrogen-bond donors (Lipinski definition) is 2. The molecule has 22 nitrogen and oxygen atoms in total. The van der Waals surface area contributed by atoms with Crippen molar-refractivity contribution in [3.05, 3.63) is 78.1 Å². The lowest BCUT2D eigenvalue weighted by atomic mass is 9.93. The summed E-state index contributed by atoms with van der Waals surface area (Å²) in [5.41, 5.74) is -2.45. The van der Waals surface area contributed by atoms with Gasteiger partial charge < -0.3 is 42.5 Å². The zero-order chi connectivity index (χ0) is 48.7. The number of nitrogens with zero attached hydrogens (tertiary/aromatic N) is 6. The van der Waals surface area contributed by atoms with E-state index in [1.54, 1.807) is 10.9 Å². The number of unbranched alkanes of at least 4 members (excludes halogenated alkanes) is 10. The number of nitrogens with one attached hydrogen (secondary N) is 2. The van der Waals surface area contributed by atoms with Crippen molar-refractivity contribution < 1.29 is 47.0 Å². The van der Waals surface area contributed by atoms with Crippen LogP contribution in [0, 0.1) is 5.92 Å². The first-order valence-electron chi connectivity index (χ1n) is 23.5. The molecule has 1 amide bonds. The summed E-state index contributed by atoms with van der Waals surface area (Å²) in [6, 6.07) is 2.27. The quantitative estimate of drug-likeness (QED) is 0.0744. The predicted octanol–water partition coefficient (Wildman–Crippen LogP) is 3.55. The van der Waals surface area contributed by atoms with Crippen molar-refractivity contribution in [3.63, 3.8) is 0 Å². The van der Waals surface area contributed by atoms with Gasteiger partial charge in [0.1, 0.15) is 30.1 Å². The van der Waals surface area contributed by atoms with Crippen molar-refractivity contribution in [2.75, 3.05) is 27.4 Å². The molecule has 0 radical (unpaired) electrons. The van der Waals surface area contributed by atoms with Crippen molar-refractivity contribution in [3.8, 4) is 0 Å². The van der Waals surface area contributed by atoms with Crippen molar-refractivity contribution in [1.82, 2.24) is 39.0 Å². The lowest BCUT2D eigenvalue weighted by Gasteiger charge is -2.33. The SMILES string of the molecule is CCCCCCCCCCCCCn1cc(CN(C[C@H]2O[C@@H](n3ccc(=O)[nH]c3=O)[C@H](OC)[C@@H]2OP(=O)([O-])OC(C)C)C(=O)CC2[C@@H](OC)[C@H](n3ccc(=O)[nH]c3=O)O[C@@H]2COC(C)C)nn1.